The van der Waals surface area contributed by atoms with E-state index in [0.29, 0.717) is 17.3 Å². The van der Waals surface area contributed by atoms with Crippen molar-refractivity contribution in [2.24, 2.45) is 0 Å². The molecular formula is C8H8N2O. The summed E-state index contributed by atoms with van der Waals surface area (Å²) < 4.78 is 4.88. The molecule has 0 aliphatic rings. The first-order valence-electron chi connectivity index (χ1n) is 3.05. The monoisotopic (exact) mass is 148 g/mol. The lowest BCUT2D eigenvalue weighted by Crippen LogP contribution is -1.95. The summed E-state index contributed by atoms with van der Waals surface area (Å²) in [6.45, 7) is 0. The van der Waals surface area contributed by atoms with Gasteiger partial charge in [0.2, 0.25) is 5.88 Å². The van der Waals surface area contributed by atoms with Gasteiger partial charge in [0.05, 0.1) is 12.7 Å². The number of pyridine rings is 1. The molecule has 0 fully saturated rings. The maximum Gasteiger partial charge on any atom is 0.231 e. The molecule has 0 aliphatic heterocycles. The van der Waals surface area contributed by atoms with Crippen molar-refractivity contribution in [2.45, 2.75) is 0 Å². The number of ether oxygens (including phenoxy) is 1. The summed E-state index contributed by atoms with van der Waals surface area (Å²) in [5.74, 6) is 3.23. The molecule has 0 saturated heterocycles. The van der Waals surface area contributed by atoms with Crippen LogP contribution in [0.2, 0.25) is 0 Å². The Hall–Kier alpha value is -1.69. The zero-order valence-electron chi connectivity index (χ0n) is 6.16. The van der Waals surface area contributed by atoms with E-state index >= 15 is 0 Å². The molecule has 2 N–H and O–H groups in total. The van der Waals surface area contributed by atoms with Gasteiger partial charge in [-0.2, -0.15) is 4.98 Å². The van der Waals surface area contributed by atoms with Gasteiger partial charge in [-0.1, -0.05) is 5.92 Å². The van der Waals surface area contributed by atoms with E-state index < -0.39 is 0 Å². The third-order valence-corrected chi connectivity index (χ3v) is 1.23. The highest BCUT2D eigenvalue weighted by atomic mass is 16.5. The third-order valence-electron chi connectivity index (χ3n) is 1.23. The lowest BCUT2D eigenvalue weighted by Gasteiger charge is -2.01. The fourth-order valence-corrected chi connectivity index (χ4v) is 0.720. The van der Waals surface area contributed by atoms with E-state index in [1.807, 2.05) is 0 Å². The number of nitrogens with zero attached hydrogens (tertiary/aromatic N) is 1. The number of hydrogen-bond donors (Lipinski definition) is 1. The minimum atomic E-state index is 0.396. The van der Waals surface area contributed by atoms with Crippen LogP contribution < -0.4 is 10.5 Å². The van der Waals surface area contributed by atoms with Crippen molar-refractivity contribution in [1.82, 2.24) is 4.98 Å². The number of rotatable bonds is 1. The summed E-state index contributed by atoms with van der Waals surface area (Å²) in [7, 11) is 1.50. The van der Waals surface area contributed by atoms with Crippen LogP contribution in [0.15, 0.2) is 12.1 Å². The standard InChI is InChI=1S/C8H8N2O/c1-3-6-4-5-7(9)10-8(6)11-2/h1,4-5H,2H3,(H2,9,10). The van der Waals surface area contributed by atoms with E-state index in [9.17, 15) is 0 Å². The second kappa shape index (κ2) is 2.93. The summed E-state index contributed by atoms with van der Waals surface area (Å²) in [5, 5.41) is 0. The molecule has 56 valence electrons. The van der Waals surface area contributed by atoms with E-state index in [4.69, 9.17) is 16.9 Å². The molecule has 0 amide bonds. The van der Waals surface area contributed by atoms with Crippen molar-refractivity contribution < 1.29 is 4.74 Å². The van der Waals surface area contributed by atoms with Crippen LogP contribution in [0.4, 0.5) is 5.82 Å². The molecule has 1 rings (SSSR count). The number of hydrogen-bond acceptors (Lipinski definition) is 3. The van der Waals surface area contributed by atoms with Crippen molar-refractivity contribution >= 4 is 5.82 Å². The first-order chi connectivity index (χ1) is 5.27. The lowest BCUT2D eigenvalue weighted by molar-refractivity contribution is 0.397. The van der Waals surface area contributed by atoms with E-state index in [0.717, 1.165) is 0 Å². The van der Waals surface area contributed by atoms with Gasteiger partial charge in [0.15, 0.2) is 0 Å². The van der Waals surface area contributed by atoms with Crippen LogP contribution in [0.3, 0.4) is 0 Å². The topological polar surface area (TPSA) is 48.1 Å². The molecule has 0 atom stereocenters. The Labute approximate surface area is 65.2 Å². The Balaban J connectivity index is 3.19. The van der Waals surface area contributed by atoms with Crippen molar-refractivity contribution in [3.05, 3.63) is 17.7 Å². The van der Waals surface area contributed by atoms with Crippen molar-refractivity contribution in [3.8, 4) is 18.2 Å². The molecule has 1 aromatic heterocycles. The summed E-state index contributed by atoms with van der Waals surface area (Å²) in [6, 6.07) is 3.33. The van der Waals surface area contributed by atoms with E-state index in [2.05, 4.69) is 10.9 Å². The Bertz CT molecular complexity index is 301. The highest BCUT2D eigenvalue weighted by molar-refractivity contribution is 5.45. The molecule has 0 bridgehead atoms. The number of aromatic nitrogens is 1. The van der Waals surface area contributed by atoms with Crippen molar-refractivity contribution in [2.75, 3.05) is 12.8 Å². The number of terminal acetylenes is 1. The predicted octanol–water partition coefficient (Wildman–Crippen LogP) is 0.654. The van der Waals surface area contributed by atoms with Gasteiger partial charge in [-0.25, -0.2) is 0 Å². The highest BCUT2D eigenvalue weighted by Crippen LogP contribution is 2.14. The van der Waals surface area contributed by atoms with E-state index in [1.54, 1.807) is 12.1 Å². The number of methoxy groups -OCH3 is 1. The SMILES string of the molecule is C#Cc1ccc(N)nc1OC. The molecule has 1 aromatic rings. The van der Waals surface area contributed by atoms with Crippen LogP contribution in [0.1, 0.15) is 5.56 Å². The van der Waals surface area contributed by atoms with Crippen molar-refractivity contribution in [3.63, 3.8) is 0 Å². The van der Waals surface area contributed by atoms with E-state index in [1.165, 1.54) is 7.11 Å². The molecule has 1 heterocycles. The zero-order valence-corrected chi connectivity index (χ0v) is 6.16. The quantitative estimate of drug-likeness (QED) is 0.595. The average Bonchev–Trinajstić information content (AvgIpc) is 2.04. The second-order valence-electron chi connectivity index (χ2n) is 1.94. The first kappa shape index (κ1) is 7.42. The Morgan fingerprint density at radius 1 is 1.64 bits per heavy atom. The van der Waals surface area contributed by atoms with E-state index in [-0.39, 0.29) is 0 Å². The van der Waals surface area contributed by atoms with Crippen molar-refractivity contribution in [1.29, 1.82) is 0 Å². The molecule has 0 radical (unpaired) electrons. The lowest BCUT2D eigenvalue weighted by atomic mass is 10.3. The van der Waals surface area contributed by atoms with Gasteiger partial charge >= 0.3 is 0 Å². The number of anilines is 1. The van der Waals surface area contributed by atoms with Gasteiger partial charge in [0.25, 0.3) is 0 Å². The molecule has 0 aliphatic carbocycles. The minimum Gasteiger partial charge on any atom is -0.480 e. The average molecular weight is 148 g/mol. The van der Waals surface area contributed by atoms with Crippen LogP contribution in [-0.4, -0.2) is 12.1 Å². The first-order valence-corrected chi connectivity index (χ1v) is 3.05. The van der Waals surface area contributed by atoms with Gasteiger partial charge in [0.1, 0.15) is 5.82 Å². The third kappa shape index (κ3) is 1.41. The largest absolute Gasteiger partial charge is 0.480 e. The van der Waals surface area contributed by atoms with Crippen LogP contribution in [0.25, 0.3) is 0 Å². The number of nitrogen functional groups attached to an aromatic ring is 1. The predicted molar refractivity (Wildman–Crippen MR) is 43.1 cm³/mol. The van der Waals surface area contributed by atoms with Crippen LogP contribution >= 0.6 is 0 Å². The van der Waals surface area contributed by atoms with Gasteiger partial charge in [-0.15, -0.1) is 6.42 Å². The fraction of sp³-hybridized carbons (Fsp3) is 0.125. The maximum atomic E-state index is 5.40. The molecule has 3 heteroatoms. The Kier molecular flexibility index (Phi) is 1.98. The smallest absolute Gasteiger partial charge is 0.231 e. The van der Waals surface area contributed by atoms with Gasteiger partial charge < -0.3 is 10.5 Å². The molecule has 0 unspecified atom stereocenters. The van der Waals surface area contributed by atoms with Gasteiger partial charge in [-0.3, -0.25) is 0 Å². The fourth-order valence-electron chi connectivity index (χ4n) is 0.720. The zero-order chi connectivity index (χ0) is 8.27. The Morgan fingerprint density at radius 2 is 2.36 bits per heavy atom. The summed E-state index contributed by atoms with van der Waals surface area (Å²) in [6.07, 6.45) is 5.17. The van der Waals surface area contributed by atoms with Crippen LogP contribution in [-0.2, 0) is 0 Å². The van der Waals surface area contributed by atoms with Crippen LogP contribution in [0.5, 0.6) is 5.88 Å². The molecule has 0 saturated carbocycles. The molecular weight excluding hydrogens is 140 g/mol. The number of nitrogens with two attached hydrogens (primary N) is 1. The summed E-state index contributed by atoms with van der Waals surface area (Å²) in [4.78, 5) is 3.88. The molecule has 0 spiro atoms. The molecule has 0 aromatic carbocycles. The maximum absolute atomic E-state index is 5.40. The van der Waals surface area contributed by atoms with Crippen LogP contribution in [0, 0.1) is 12.3 Å². The van der Waals surface area contributed by atoms with Gasteiger partial charge in [0, 0.05) is 0 Å². The molecule has 3 nitrogen and oxygen atoms in total. The minimum absolute atomic E-state index is 0.396. The highest BCUT2D eigenvalue weighted by Gasteiger charge is 2.00. The second-order valence-corrected chi connectivity index (χ2v) is 1.94. The Morgan fingerprint density at radius 3 is 2.91 bits per heavy atom. The molecule has 11 heavy (non-hydrogen) atoms. The summed E-state index contributed by atoms with van der Waals surface area (Å²) >= 11 is 0. The normalized spacial score (nSPS) is 8.73. The van der Waals surface area contributed by atoms with Gasteiger partial charge in [-0.05, 0) is 12.1 Å². The summed E-state index contributed by atoms with van der Waals surface area (Å²) in [5.41, 5.74) is 6.01.